The summed E-state index contributed by atoms with van der Waals surface area (Å²) in [4.78, 5) is 25.0. The first-order chi connectivity index (χ1) is 32.7. The summed E-state index contributed by atoms with van der Waals surface area (Å²) in [5, 5.41) is 54.1. The Morgan fingerprint density at radius 2 is 0.970 bits per heavy atom. The van der Waals surface area contributed by atoms with Crippen molar-refractivity contribution in [2.24, 2.45) is 0 Å². The fraction of sp³-hybridized carbons (Fsp3) is 0.857. The molecule has 7 unspecified atom stereocenters. The number of carbonyl (C=O) groups is 2. The summed E-state index contributed by atoms with van der Waals surface area (Å²) >= 11 is 0. The predicted octanol–water partition coefficient (Wildman–Crippen LogP) is 11.9. The van der Waals surface area contributed by atoms with Gasteiger partial charge in [-0.3, -0.25) is 9.59 Å². The number of aliphatic hydroxyl groups is 5. The van der Waals surface area contributed by atoms with Crippen molar-refractivity contribution in [2.75, 3.05) is 19.8 Å². The molecule has 6 N–H and O–H groups in total. The zero-order chi connectivity index (χ0) is 48.8. The van der Waals surface area contributed by atoms with Crippen LogP contribution in [-0.2, 0) is 23.8 Å². The monoisotopic (exact) mass is 950 g/mol. The van der Waals surface area contributed by atoms with Crippen molar-refractivity contribution in [2.45, 2.75) is 288 Å². The summed E-state index contributed by atoms with van der Waals surface area (Å²) in [6.07, 6.45) is 45.3. The van der Waals surface area contributed by atoms with E-state index in [0.29, 0.717) is 19.4 Å². The van der Waals surface area contributed by atoms with E-state index in [2.05, 4.69) is 43.5 Å². The van der Waals surface area contributed by atoms with Gasteiger partial charge in [0.1, 0.15) is 24.4 Å². The highest BCUT2D eigenvalue weighted by molar-refractivity contribution is 5.76. The van der Waals surface area contributed by atoms with Crippen LogP contribution in [-0.4, -0.2) is 100 Å². The molecule has 1 amide bonds. The molecule has 1 saturated heterocycles. The van der Waals surface area contributed by atoms with Crippen LogP contribution < -0.4 is 5.32 Å². The fourth-order valence-electron chi connectivity index (χ4n) is 8.50. The second-order valence-electron chi connectivity index (χ2n) is 19.3. The van der Waals surface area contributed by atoms with E-state index < -0.39 is 49.5 Å². The maximum atomic E-state index is 13.0. The highest BCUT2D eigenvalue weighted by Crippen LogP contribution is 2.23. The van der Waals surface area contributed by atoms with Crippen LogP contribution in [0.4, 0.5) is 0 Å². The predicted molar refractivity (Wildman–Crippen MR) is 274 cm³/mol. The summed E-state index contributed by atoms with van der Waals surface area (Å²) in [6, 6.07) is -0.838. The molecular weight excluding hydrogens is 847 g/mol. The molecule has 1 aliphatic rings. The summed E-state index contributed by atoms with van der Waals surface area (Å²) in [7, 11) is 0. The van der Waals surface area contributed by atoms with Gasteiger partial charge in [-0.2, -0.15) is 0 Å². The largest absolute Gasteiger partial charge is 0.466 e. The summed E-state index contributed by atoms with van der Waals surface area (Å²) in [6.45, 7) is 4.23. The molecule has 67 heavy (non-hydrogen) atoms. The first-order valence-corrected chi connectivity index (χ1v) is 27.8. The zero-order valence-electron chi connectivity index (χ0n) is 42.9. The third-order valence-corrected chi connectivity index (χ3v) is 13.0. The number of ether oxygens (including phenoxy) is 3. The van der Waals surface area contributed by atoms with Crippen molar-refractivity contribution in [3.05, 3.63) is 36.5 Å². The number of allylic oxidation sites excluding steroid dienone is 5. The molecular formula is C56H103NO10. The molecule has 11 nitrogen and oxygen atoms in total. The minimum absolute atomic E-state index is 0.0200. The maximum absolute atomic E-state index is 13.0. The van der Waals surface area contributed by atoms with E-state index >= 15 is 0 Å². The molecule has 11 heteroatoms. The SMILES string of the molecule is CCCCC/C=C/CC/C=C/C(O)C(COC1OC(CO)C(O)C(O)C1O)NC(=O)CCCCCCC/C=C\CCCCCCCCCOC(=O)CCCCCCCCCCCCCCCC. The maximum Gasteiger partial charge on any atom is 0.305 e. The van der Waals surface area contributed by atoms with Crippen molar-refractivity contribution < 1.29 is 49.3 Å². The van der Waals surface area contributed by atoms with E-state index in [1.807, 2.05) is 6.08 Å². The second kappa shape index (κ2) is 46.3. The Bertz CT molecular complexity index is 1210. The lowest BCUT2D eigenvalue weighted by Crippen LogP contribution is -2.60. The molecule has 1 heterocycles. The van der Waals surface area contributed by atoms with Crippen molar-refractivity contribution in [1.29, 1.82) is 0 Å². The van der Waals surface area contributed by atoms with Crippen molar-refractivity contribution in [3.8, 4) is 0 Å². The Kier molecular flexibility index (Phi) is 43.4. The van der Waals surface area contributed by atoms with Crippen LogP contribution >= 0.6 is 0 Å². The number of rotatable bonds is 47. The Morgan fingerprint density at radius 1 is 0.537 bits per heavy atom. The number of hydrogen-bond acceptors (Lipinski definition) is 10. The highest BCUT2D eigenvalue weighted by Gasteiger charge is 2.44. The minimum Gasteiger partial charge on any atom is -0.466 e. The number of unbranched alkanes of at least 4 members (excludes halogenated alkanes) is 29. The number of esters is 1. The number of aliphatic hydroxyl groups excluding tert-OH is 5. The molecule has 0 radical (unpaired) electrons. The standard InChI is InChI=1S/C56H103NO10/c1-3-5-7-9-11-13-14-15-21-24-28-32-36-40-44-52(61)65-45-41-37-33-29-25-22-19-17-16-18-20-23-27-31-35-39-43-51(60)57-48(49(59)42-38-34-30-26-12-10-8-6-4-2)47-66-56-55(64)54(63)53(62)50(46-58)67-56/h12,16,18,26,38,42,48-50,53-56,58-59,62-64H,3-11,13-15,17,19-25,27-37,39-41,43-47H2,1-2H3,(H,57,60)/b18-16-,26-12+,42-38+. The molecule has 392 valence electrons. The van der Waals surface area contributed by atoms with Crippen LogP contribution in [0.1, 0.15) is 245 Å². The van der Waals surface area contributed by atoms with Crippen molar-refractivity contribution in [1.82, 2.24) is 5.32 Å². The molecule has 1 fully saturated rings. The summed E-state index contributed by atoms with van der Waals surface area (Å²) in [5.41, 5.74) is 0. The molecule has 1 rings (SSSR count). The zero-order valence-corrected chi connectivity index (χ0v) is 42.9. The van der Waals surface area contributed by atoms with Crippen LogP contribution in [0.3, 0.4) is 0 Å². The van der Waals surface area contributed by atoms with E-state index in [4.69, 9.17) is 14.2 Å². The molecule has 0 bridgehead atoms. The second-order valence-corrected chi connectivity index (χ2v) is 19.3. The third kappa shape index (κ3) is 36.5. The summed E-state index contributed by atoms with van der Waals surface area (Å²) in [5.74, 6) is -0.232. The number of nitrogens with one attached hydrogen (secondary N) is 1. The molecule has 0 saturated carbocycles. The number of carbonyl (C=O) groups excluding carboxylic acids is 2. The molecule has 7 atom stereocenters. The van der Waals surface area contributed by atoms with E-state index in [0.717, 1.165) is 89.9 Å². The molecule has 0 aromatic heterocycles. The Balaban J connectivity index is 2.09. The van der Waals surface area contributed by atoms with Crippen LogP contribution in [0.5, 0.6) is 0 Å². The first-order valence-electron chi connectivity index (χ1n) is 27.8. The van der Waals surface area contributed by atoms with E-state index in [-0.39, 0.29) is 18.5 Å². The third-order valence-electron chi connectivity index (χ3n) is 13.0. The average Bonchev–Trinajstić information content (AvgIpc) is 3.32. The van der Waals surface area contributed by atoms with E-state index in [1.54, 1.807) is 6.08 Å². The summed E-state index contributed by atoms with van der Waals surface area (Å²) < 4.78 is 16.6. The first kappa shape index (κ1) is 62.9. The van der Waals surface area contributed by atoms with Gasteiger partial charge in [0.25, 0.3) is 0 Å². The quantitative estimate of drug-likeness (QED) is 0.0196. The topological polar surface area (TPSA) is 175 Å². The highest BCUT2D eigenvalue weighted by atomic mass is 16.7. The fourth-order valence-corrected chi connectivity index (χ4v) is 8.50. The molecule has 1 aliphatic heterocycles. The normalized spacial score (nSPS) is 19.8. The van der Waals surface area contributed by atoms with Gasteiger partial charge in [0.2, 0.25) is 5.91 Å². The Morgan fingerprint density at radius 3 is 1.51 bits per heavy atom. The van der Waals surface area contributed by atoms with Gasteiger partial charge in [-0.25, -0.2) is 0 Å². The van der Waals surface area contributed by atoms with E-state index in [1.165, 1.54) is 128 Å². The smallest absolute Gasteiger partial charge is 0.305 e. The lowest BCUT2D eigenvalue weighted by Gasteiger charge is -2.40. The van der Waals surface area contributed by atoms with Gasteiger partial charge in [0.15, 0.2) is 6.29 Å². The lowest BCUT2D eigenvalue weighted by atomic mass is 9.99. The van der Waals surface area contributed by atoms with Crippen molar-refractivity contribution >= 4 is 11.9 Å². The molecule has 0 aromatic carbocycles. The van der Waals surface area contributed by atoms with Gasteiger partial charge in [-0.05, 0) is 70.6 Å². The van der Waals surface area contributed by atoms with Gasteiger partial charge in [-0.15, -0.1) is 0 Å². The minimum atomic E-state index is -1.58. The number of amides is 1. The van der Waals surface area contributed by atoms with Gasteiger partial charge in [0.05, 0.1) is 32.0 Å². The lowest BCUT2D eigenvalue weighted by molar-refractivity contribution is -0.302. The Hall–Kier alpha value is -2.12. The van der Waals surface area contributed by atoms with Crippen LogP contribution in [0.25, 0.3) is 0 Å². The van der Waals surface area contributed by atoms with Gasteiger partial charge >= 0.3 is 5.97 Å². The average molecular weight is 950 g/mol. The Labute approximate surface area is 409 Å². The van der Waals surface area contributed by atoms with Crippen LogP contribution in [0.2, 0.25) is 0 Å². The van der Waals surface area contributed by atoms with Gasteiger partial charge in [-0.1, -0.05) is 198 Å². The van der Waals surface area contributed by atoms with Crippen molar-refractivity contribution in [3.63, 3.8) is 0 Å². The van der Waals surface area contributed by atoms with E-state index in [9.17, 15) is 35.1 Å². The van der Waals surface area contributed by atoms with Gasteiger partial charge in [0, 0.05) is 12.8 Å². The molecule has 0 spiro atoms. The number of hydrogen-bond donors (Lipinski definition) is 6. The molecule has 0 aliphatic carbocycles. The molecule has 0 aromatic rings. The van der Waals surface area contributed by atoms with Crippen LogP contribution in [0, 0.1) is 0 Å². The van der Waals surface area contributed by atoms with Gasteiger partial charge < -0.3 is 45.1 Å². The van der Waals surface area contributed by atoms with Crippen LogP contribution in [0.15, 0.2) is 36.5 Å².